The van der Waals surface area contributed by atoms with E-state index >= 15 is 0 Å². The van der Waals surface area contributed by atoms with Crippen molar-refractivity contribution in [2.75, 3.05) is 26.3 Å². The van der Waals surface area contributed by atoms with Gasteiger partial charge in [0.2, 0.25) is 5.91 Å². The number of nitrogens with zero attached hydrogens (tertiary/aromatic N) is 1. The van der Waals surface area contributed by atoms with Crippen LogP contribution in [0.15, 0.2) is 81.9 Å². The van der Waals surface area contributed by atoms with E-state index in [2.05, 4.69) is 5.32 Å². The third-order valence-corrected chi connectivity index (χ3v) is 9.69. The van der Waals surface area contributed by atoms with Crippen molar-refractivity contribution in [3.05, 3.63) is 83.2 Å². The minimum atomic E-state index is -3.52. The largest absolute Gasteiger partial charge is 0.379 e. The molecule has 1 fully saturated rings. The molecule has 168 valence electrons. The van der Waals surface area contributed by atoms with E-state index in [0.717, 1.165) is 15.3 Å². The molecule has 0 unspecified atom stereocenters. The van der Waals surface area contributed by atoms with E-state index in [0.29, 0.717) is 30.5 Å². The Hall–Kier alpha value is -2.17. The van der Waals surface area contributed by atoms with Gasteiger partial charge in [0, 0.05) is 22.9 Å². The van der Waals surface area contributed by atoms with Gasteiger partial charge in [-0.1, -0.05) is 48.5 Å². The van der Waals surface area contributed by atoms with Crippen molar-refractivity contribution in [2.45, 2.75) is 20.9 Å². The van der Waals surface area contributed by atoms with Crippen molar-refractivity contribution in [3.8, 4) is 0 Å². The molecule has 1 saturated heterocycles. The van der Waals surface area contributed by atoms with E-state index in [1.165, 1.54) is 27.4 Å². The van der Waals surface area contributed by atoms with Gasteiger partial charge in [0.25, 0.3) is 10.0 Å². The highest BCUT2D eigenvalue weighted by Gasteiger charge is 2.28. The van der Waals surface area contributed by atoms with Crippen LogP contribution in [0.2, 0.25) is 0 Å². The molecule has 3 aromatic rings. The molecular formula is C23H24N2O4S3. The van der Waals surface area contributed by atoms with Crippen LogP contribution in [0.5, 0.6) is 0 Å². The topological polar surface area (TPSA) is 75.7 Å². The lowest BCUT2D eigenvalue weighted by molar-refractivity contribution is -0.120. The number of carbonyl (C=O) groups excluding carboxylic acids is 1. The number of rotatable bonds is 8. The van der Waals surface area contributed by atoms with Crippen LogP contribution in [0.3, 0.4) is 0 Å². The number of sulfonamides is 1. The lowest BCUT2D eigenvalue weighted by atomic mass is 10.1. The van der Waals surface area contributed by atoms with Gasteiger partial charge in [-0.15, -0.1) is 23.1 Å². The number of carbonyl (C=O) groups is 1. The predicted molar refractivity (Wildman–Crippen MR) is 127 cm³/mol. The highest BCUT2D eigenvalue weighted by molar-refractivity contribution is 8.00. The fourth-order valence-corrected chi connectivity index (χ4v) is 7.24. The minimum absolute atomic E-state index is 0.115. The highest BCUT2D eigenvalue weighted by atomic mass is 32.2. The first-order valence-corrected chi connectivity index (χ1v) is 13.4. The fourth-order valence-electron chi connectivity index (χ4n) is 3.31. The van der Waals surface area contributed by atoms with Crippen molar-refractivity contribution < 1.29 is 17.9 Å². The summed E-state index contributed by atoms with van der Waals surface area (Å²) in [5.41, 5.74) is 0.917. The second-order valence-electron chi connectivity index (χ2n) is 7.18. The number of thioether (sulfide) groups is 1. The maximum atomic E-state index is 13.1. The van der Waals surface area contributed by atoms with Crippen LogP contribution in [-0.4, -0.2) is 44.9 Å². The van der Waals surface area contributed by atoms with E-state index in [-0.39, 0.29) is 12.5 Å². The van der Waals surface area contributed by atoms with Crippen LogP contribution in [-0.2, 0) is 26.1 Å². The number of amides is 1. The van der Waals surface area contributed by atoms with E-state index in [4.69, 9.17) is 4.74 Å². The van der Waals surface area contributed by atoms with Gasteiger partial charge in [-0.25, -0.2) is 8.42 Å². The third-order valence-electron chi connectivity index (χ3n) is 4.98. The molecule has 0 aliphatic carbocycles. The summed E-state index contributed by atoms with van der Waals surface area (Å²) in [5, 5.41) is 2.58. The zero-order valence-corrected chi connectivity index (χ0v) is 19.8. The van der Waals surface area contributed by atoms with E-state index < -0.39 is 15.3 Å². The molecule has 4 rings (SSSR count). The second-order valence-corrected chi connectivity index (χ2v) is 11.7. The molecule has 1 amide bonds. The van der Waals surface area contributed by atoms with Crippen molar-refractivity contribution in [1.29, 1.82) is 0 Å². The quantitative estimate of drug-likeness (QED) is 0.487. The first kappa shape index (κ1) is 23.0. The van der Waals surface area contributed by atoms with Crippen LogP contribution >= 0.6 is 23.1 Å². The van der Waals surface area contributed by atoms with Crippen molar-refractivity contribution in [2.24, 2.45) is 0 Å². The molecule has 6 nitrogen and oxygen atoms in total. The minimum Gasteiger partial charge on any atom is -0.379 e. The molecular weight excluding hydrogens is 464 g/mol. The van der Waals surface area contributed by atoms with E-state index in [9.17, 15) is 13.2 Å². The molecule has 1 N–H and O–H groups in total. The third kappa shape index (κ3) is 5.60. The highest BCUT2D eigenvalue weighted by Crippen LogP contribution is 2.35. The number of morpholine rings is 1. The van der Waals surface area contributed by atoms with Gasteiger partial charge in [0.05, 0.1) is 19.8 Å². The number of hydrogen-bond acceptors (Lipinski definition) is 6. The standard InChI is InChI=1S/C23H24N2O4S3/c26-23(22(18-7-3-1-4-8-18)31-19-9-5-2-6-10-19)24-17-20-11-12-21(30-20)32(27,28)25-13-15-29-16-14-25/h1-12,22H,13-17H2,(H,24,26)/t22-/m1/s1. The van der Waals surface area contributed by atoms with Gasteiger partial charge >= 0.3 is 0 Å². The monoisotopic (exact) mass is 488 g/mol. The zero-order chi connectivity index (χ0) is 22.4. The average molecular weight is 489 g/mol. The van der Waals surface area contributed by atoms with Gasteiger partial charge < -0.3 is 10.1 Å². The molecule has 1 aromatic heterocycles. The first-order valence-electron chi connectivity index (χ1n) is 10.2. The lowest BCUT2D eigenvalue weighted by Crippen LogP contribution is -2.40. The lowest BCUT2D eigenvalue weighted by Gasteiger charge is -2.25. The van der Waals surface area contributed by atoms with Crippen molar-refractivity contribution in [3.63, 3.8) is 0 Å². The van der Waals surface area contributed by atoms with Crippen LogP contribution in [0.4, 0.5) is 0 Å². The first-order chi connectivity index (χ1) is 15.5. The predicted octanol–water partition coefficient (Wildman–Crippen LogP) is 3.92. The number of benzene rings is 2. The van der Waals surface area contributed by atoms with Gasteiger partial charge in [-0.05, 0) is 29.8 Å². The SMILES string of the molecule is O=C(NCc1ccc(S(=O)(=O)N2CCOCC2)s1)[C@H](Sc1ccccc1)c1ccccc1. The molecule has 1 aliphatic rings. The summed E-state index contributed by atoms with van der Waals surface area (Å²) in [4.78, 5) is 14.9. The molecule has 2 heterocycles. The molecule has 0 bridgehead atoms. The normalized spacial score (nSPS) is 15.9. The Morgan fingerprint density at radius 3 is 2.34 bits per heavy atom. The summed E-state index contributed by atoms with van der Waals surface area (Å²) in [6, 6.07) is 22.8. The molecule has 1 aliphatic heterocycles. The molecule has 1 atom stereocenters. The van der Waals surface area contributed by atoms with Crippen LogP contribution < -0.4 is 5.32 Å². The molecule has 0 saturated carbocycles. The summed E-state index contributed by atoms with van der Waals surface area (Å²) in [7, 11) is -3.52. The molecule has 0 spiro atoms. The molecule has 9 heteroatoms. The van der Waals surface area contributed by atoms with Crippen LogP contribution in [0, 0.1) is 0 Å². The average Bonchev–Trinajstić information content (AvgIpc) is 3.33. The Bertz CT molecular complexity index is 1130. The molecule has 0 radical (unpaired) electrons. The summed E-state index contributed by atoms with van der Waals surface area (Å²) >= 11 is 2.69. The molecule has 2 aromatic carbocycles. The number of nitrogens with one attached hydrogen (secondary N) is 1. The Balaban J connectivity index is 1.44. The molecule has 32 heavy (non-hydrogen) atoms. The number of ether oxygens (including phenoxy) is 1. The van der Waals surface area contributed by atoms with Crippen LogP contribution in [0.1, 0.15) is 15.7 Å². The maximum absolute atomic E-state index is 13.1. The van der Waals surface area contributed by atoms with Crippen LogP contribution in [0.25, 0.3) is 0 Å². The van der Waals surface area contributed by atoms with Gasteiger partial charge in [-0.3, -0.25) is 4.79 Å². The second kappa shape index (κ2) is 10.6. The maximum Gasteiger partial charge on any atom is 0.252 e. The number of hydrogen-bond donors (Lipinski definition) is 1. The van der Waals surface area contributed by atoms with Crippen molar-refractivity contribution >= 4 is 39.0 Å². The Kier molecular flexibility index (Phi) is 7.64. The summed E-state index contributed by atoms with van der Waals surface area (Å²) in [5.74, 6) is -0.115. The van der Waals surface area contributed by atoms with E-state index in [1.54, 1.807) is 12.1 Å². The van der Waals surface area contributed by atoms with Crippen molar-refractivity contribution in [1.82, 2.24) is 9.62 Å². The number of thiophene rings is 1. The fraction of sp³-hybridized carbons (Fsp3) is 0.261. The van der Waals surface area contributed by atoms with Gasteiger partial charge in [-0.2, -0.15) is 4.31 Å². The Morgan fingerprint density at radius 1 is 1.00 bits per heavy atom. The summed E-state index contributed by atoms with van der Waals surface area (Å²) < 4.78 is 32.6. The Labute approximate surface area is 196 Å². The van der Waals surface area contributed by atoms with E-state index in [1.807, 2.05) is 60.7 Å². The smallest absolute Gasteiger partial charge is 0.252 e. The van der Waals surface area contributed by atoms with Gasteiger partial charge in [0.1, 0.15) is 9.46 Å². The Morgan fingerprint density at radius 2 is 1.66 bits per heavy atom. The summed E-state index contributed by atoms with van der Waals surface area (Å²) in [6.07, 6.45) is 0. The zero-order valence-electron chi connectivity index (χ0n) is 17.3. The van der Waals surface area contributed by atoms with Gasteiger partial charge in [0.15, 0.2) is 0 Å². The summed E-state index contributed by atoms with van der Waals surface area (Å²) in [6.45, 7) is 1.82.